The van der Waals surface area contributed by atoms with Gasteiger partial charge in [-0.15, -0.1) is 0 Å². The summed E-state index contributed by atoms with van der Waals surface area (Å²) in [5.74, 6) is -2.04. The van der Waals surface area contributed by atoms with Crippen molar-refractivity contribution in [2.24, 2.45) is 0 Å². The first-order chi connectivity index (χ1) is 37.8. The molecule has 2 rings (SSSR count). The standard InChI is InChI=1S/C60H112O17S.Na/c1-4-7-10-13-16-19-22-25-28-31-34-37-40-43-50(62)71-47-49-54(66)56(74-51(63)44-41-38-35-32-29-26-23-20-17-14-11-8-5-2)58(75-52(64)45-42-39-36-33-30-27-24-21-18-15-12-9-6-3)60(73-49)76-59-57(77-78(68,69)70)55(67)53(65)48(46-61)72-59;/h48-49,53-61,65-67H,4-47H2,1-3H3,(H,68,69,70);/q;+1/p-1/t48-,49-,53-,54-,55+,56+,57-,58-,59-,60-;/m1./s1. The zero-order valence-corrected chi connectivity index (χ0v) is 52.7. The number of aliphatic hydroxyl groups excluding tert-OH is 4. The molecule has 2 heterocycles. The van der Waals surface area contributed by atoms with Crippen LogP contribution in [0.3, 0.4) is 0 Å². The molecule has 0 spiro atoms. The van der Waals surface area contributed by atoms with Gasteiger partial charge in [0.25, 0.3) is 0 Å². The van der Waals surface area contributed by atoms with Gasteiger partial charge in [0.15, 0.2) is 24.6 Å². The van der Waals surface area contributed by atoms with Crippen LogP contribution >= 0.6 is 0 Å². The molecule has 0 aromatic carbocycles. The molecule has 0 aliphatic carbocycles. The van der Waals surface area contributed by atoms with Gasteiger partial charge in [-0.05, 0) is 19.3 Å². The molecule has 0 saturated carbocycles. The van der Waals surface area contributed by atoms with Gasteiger partial charge in [-0.2, -0.15) is 0 Å². The fraction of sp³-hybridized carbons (Fsp3) is 0.950. The summed E-state index contributed by atoms with van der Waals surface area (Å²) in [6.45, 7) is 5.20. The minimum absolute atomic E-state index is 0. The Kier molecular flexibility index (Phi) is 47.4. The Balaban J connectivity index is 0.0000312. The van der Waals surface area contributed by atoms with Crippen molar-refractivity contribution in [3.05, 3.63) is 0 Å². The van der Waals surface area contributed by atoms with Crippen LogP contribution in [0.25, 0.3) is 0 Å². The maximum absolute atomic E-state index is 13.7. The molecule has 2 saturated heterocycles. The molecule has 2 aliphatic heterocycles. The third kappa shape index (κ3) is 37.1. The van der Waals surface area contributed by atoms with Crippen molar-refractivity contribution in [2.75, 3.05) is 13.2 Å². The van der Waals surface area contributed by atoms with Crippen molar-refractivity contribution in [1.82, 2.24) is 0 Å². The second kappa shape index (κ2) is 49.3. The second-order valence-corrected chi connectivity index (χ2v) is 23.4. The molecule has 79 heavy (non-hydrogen) atoms. The van der Waals surface area contributed by atoms with Crippen LogP contribution in [0.5, 0.6) is 0 Å². The third-order valence-electron chi connectivity index (χ3n) is 15.3. The predicted molar refractivity (Wildman–Crippen MR) is 300 cm³/mol. The molecule has 0 bridgehead atoms. The van der Waals surface area contributed by atoms with Crippen LogP contribution in [-0.4, -0.2) is 126 Å². The van der Waals surface area contributed by atoms with E-state index in [0.717, 1.165) is 83.5 Å². The third-order valence-corrected chi connectivity index (χ3v) is 15.8. The summed E-state index contributed by atoms with van der Waals surface area (Å²) < 4.78 is 75.5. The Hall–Kier alpha value is -1.00. The molecule has 17 nitrogen and oxygen atoms in total. The summed E-state index contributed by atoms with van der Waals surface area (Å²) in [4.78, 5) is 40.5. The summed E-state index contributed by atoms with van der Waals surface area (Å²) in [6.07, 6.45) is 24.7. The molecule has 0 radical (unpaired) electrons. The second-order valence-electron chi connectivity index (χ2n) is 22.4. The van der Waals surface area contributed by atoms with E-state index < -0.39 is 103 Å². The van der Waals surface area contributed by atoms with E-state index in [2.05, 4.69) is 25.0 Å². The summed E-state index contributed by atoms with van der Waals surface area (Å²) in [5, 5.41) is 43.5. The first kappa shape index (κ1) is 76.0. The number of esters is 3. The Labute approximate surface area is 500 Å². The maximum atomic E-state index is 13.7. The maximum Gasteiger partial charge on any atom is 1.00 e. The van der Waals surface area contributed by atoms with Gasteiger partial charge in [-0.3, -0.25) is 18.6 Å². The van der Waals surface area contributed by atoms with Gasteiger partial charge >= 0.3 is 47.5 Å². The number of rotatable bonds is 51. The van der Waals surface area contributed by atoms with Gasteiger partial charge in [-0.1, -0.05) is 252 Å². The van der Waals surface area contributed by atoms with E-state index in [0.29, 0.717) is 19.3 Å². The molecule has 10 atom stereocenters. The van der Waals surface area contributed by atoms with Gasteiger partial charge in [0.2, 0.25) is 16.7 Å². The summed E-state index contributed by atoms with van der Waals surface area (Å²) in [6, 6.07) is 0. The zero-order valence-electron chi connectivity index (χ0n) is 49.9. The van der Waals surface area contributed by atoms with Gasteiger partial charge in [0.1, 0.15) is 37.1 Å². The molecule has 0 unspecified atom stereocenters. The number of aliphatic hydroxyl groups is 4. The molecule has 0 aromatic rings. The van der Waals surface area contributed by atoms with Crippen LogP contribution in [0, 0.1) is 0 Å². The number of carbonyl (C=O) groups is 3. The van der Waals surface area contributed by atoms with Crippen molar-refractivity contribution in [1.29, 1.82) is 0 Å². The largest absolute Gasteiger partial charge is 1.00 e. The van der Waals surface area contributed by atoms with E-state index in [1.165, 1.54) is 148 Å². The number of hydrogen-bond donors (Lipinski definition) is 4. The number of unbranched alkanes of at least 4 members (excludes halogenated alkanes) is 36. The van der Waals surface area contributed by atoms with Crippen LogP contribution in [0.15, 0.2) is 0 Å². The van der Waals surface area contributed by atoms with Crippen molar-refractivity contribution in [2.45, 2.75) is 352 Å². The van der Waals surface area contributed by atoms with Crippen molar-refractivity contribution in [3.8, 4) is 0 Å². The fourth-order valence-corrected chi connectivity index (χ4v) is 10.9. The smallest absolute Gasteiger partial charge is 0.726 e. The Bertz CT molecular complexity index is 1590. The molecule has 2 fully saturated rings. The number of ether oxygens (including phenoxy) is 6. The normalized spacial score (nSPS) is 23.3. The number of hydrogen-bond acceptors (Lipinski definition) is 17. The van der Waals surface area contributed by atoms with E-state index in [9.17, 15) is 47.8 Å². The molecular weight excluding hydrogens is 1050 g/mol. The Morgan fingerprint density at radius 2 is 0.722 bits per heavy atom. The molecule has 2 aliphatic rings. The van der Waals surface area contributed by atoms with E-state index in [1.807, 2.05) is 0 Å². The summed E-state index contributed by atoms with van der Waals surface area (Å²) in [7, 11) is -5.59. The van der Waals surface area contributed by atoms with Gasteiger partial charge in [-0.25, -0.2) is 8.42 Å². The Morgan fingerprint density at radius 3 is 1.06 bits per heavy atom. The average Bonchev–Trinajstić information content (AvgIpc) is 3.48. The minimum Gasteiger partial charge on any atom is -0.726 e. The van der Waals surface area contributed by atoms with Crippen LogP contribution in [0.1, 0.15) is 290 Å². The molecule has 4 N–H and O–H groups in total. The first-order valence-electron chi connectivity index (χ1n) is 31.6. The topological polar surface area (TPSA) is 254 Å². The van der Waals surface area contributed by atoms with Gasteiger partial charge < -0.3 is 53.4 Å². The zero-order chi connectivity index (χ0) is 57.1. The van der Waals surface area contributed by atoms with E-state index in [-0.39, 0.29) is 48.8 Å². The van der Waals surface area contributed by atoms with Crippen molar-refractivity contribution in [3.63, 3.8) is 0 Å². The summed E-state index contributed by atoms with van der Waals surface area (Å²) >= 11 is 0. The average molecular weight is 1160 g/mol. The van der Waals surface area contributed by atoms with Crippen molar-refractivity contribution >= 4 is 28.3 Å². The first-order valence-corrected chi connectivity index (χ1v) is 32.9. The van der Waals surface area contributed by atoms with E-state index >= 15 is 0 Å². The van der Waals surface area contributed by atoms with E-state index in [4.69, 9.17) is 28.4 Å². The van der Waals surface area contributed by atoms with E-state index in [1.54, 1.807) is 0 Å². The molecular formula is C60H111NaO17S. The Morgan fingerprint density at radius 1 is 0.418 bits per heavy atom. The van der Waals surface area contributed by atoms with Gasteiger partial charge in [0.05, 0.1) is 6.61 Å². The monoisotopic (exact) mass is 1160 g/mol. The molecule has 460 valence electrons. The van der Waals surface area contributed by atoms with Crippen molar-refractivity contribution < 1.29 is 110 Å². The fourth-order valence-electron chi connectivity index (χ4n) is 10.5. The predicted octanol–water partition coefficient (Wildman–Crippen LogP) is 9.19. The molecule has 0 amide bonds. The molecule has 0 aromatic heterocycles. The van der Waals surface area contributed by atoms with Gasteiger partial charge in [0, 0.05) is 19.3 Å². The summed E-state index contributed by atoms with van der Waals surface area (Å²) in [5.41, 5.74) is 0. The quantitative estimate of drug-likeness (QED) is 0.0111. The van der Waals surface area contributed by atoms with Crippen LogP contribution < -0.4 is 29.6 Å². The SMILES string of the molecule is CCCCCCCCCCCCCCCC(=O)OC[C@H]1O[C@H](O[C@H]2O[C@H](CO)[C@@H](O)[C@H](O)[C@H]2OS(=O)(=O)[O-])[C@H](OC(=O)CCCCCCCCCCCCCCC)[C@@H](OC(=O)CCCCCCCCCCCCCCC)[C@@H]1O.[Na+]. The number of carbonyl (C=O) groups excluding carboxylic acids is 3. The van der Waals surface area contributed by atoms with Crippen LogP contribution in [0.2, 0.25) is 0 Å². The molecule has 19 heteroatoms. The van der Waals surface area contributed by atoms with Crippen LogP contribution in [-0.2, 0) is 57.4 Å². The van der Waals surface area contributed by atoms with Crippen LogP contribution in [0.4, 0.5) is 0 Å². The minimum atomic E-state index is -5.59.